The minimum absolute atomic E-state index is 0.572. The van der Waals surface area contributed by atoms with Crippen LogP contribution in [-0.4, -0.2) is 25.8 Å². The fourth-order valence-electron chi connectivity index (χ4n) is 2.84. The molecule has 0 aromatic rings. The first-order valence-electron chi connectivity index (χ1n) is 7.59. The van der Waals surface area contributed by atoms with E-state index in [4.69, 9.17) is 4.74 Å². The molecule has 0 radical (unpaired) electrons. The van der Waals surface area contributed by atoms with Crippen molar-refractivity contribution in [1.29, 1.82) is 0 Å². The predicted octanol–water partition coefficient (Wildman–Crippen LogP) is 3.75. The van der Waals surface area contributed by atoms with Crippen molar-refractivity contribution in [2.75, 3.05) is 13.7 Å². The van der Waals surface area contributed by atoms with Gasteiger partial charge in [0.2, 0.25) is 0 Å². The first kappa shape index (κ1) is 15.0. The van der Waals surface area contributed by atoms with Crippen molar-refractivity contribution in [1.82, 2.24) is 5.32 Å². The van der Waals surface area contributed by atoms with Gasteiger partial charge in [0, 0.05) is 12.6 Å². The lowest BCUT2D eigenvalue weighted by Crippen LogP contribution is -2.37. The normalized spacial score (nSPS) is 25.6. The Morgan fingerprint density at radius 1 is 1.18 bits per heavy atom. The highest BCUT2D eigenvalue weighted by Gasteiger charge is 2.30. The Hall–Kier alpha value is -0.0800. The second kappa shape index (κ2) is 8.93. The maximum absolute atomic E-state index is 5.62. The van der Waals surface area contributed by atoms with Gasteiger partial charge in [0.25, 0.3) is 0 Å². The molecule has 1 aliphatic rings. The molecule has 1 saturated carbocycles. The van der Waals surface area contributed by atoms with Gasteiger partial charge in [0.15, 0.2) is 0 Å². The maximum Gasteiger partial charge on any atom is 0.0580 e. The highest BCUT2D eigenvalue weighted by molar-refractivity contribution is 4.83. The number of nitrogens with one attached hydrogen (secondary N) is 1. The van der Waals surface area contributed by atoms with E-state index in [1.807, 2.05) is 0 Å². The summed E-state index contributed by atoms with van der Waals surface area (Å²) in [6.07, 6.45) is 11.4. The van der Waals surface area contributed by atoms with E-state index in [9.17, 15) is 0 Å². The van der Waals surface area contributed by atoms with Crippen molar-refractivity contribution in [3.63, 3.8) is 0 Å². The number of hydrogen-bond acceptors (Lipinski definition) is 2. The van der Waals surface area contributed by atoms with Gasteiger partial charge in [0.05, 0.1) is 6.10 Å². The van der Waals surface area contributed by atoms with E-state index >= 15 is 0 Å². The SMILES string of the molecule is CCCCCCC(CC1CC(OCC)C1)NC. The second-order valence-electron chi connectivity index (χ2n) is 5.49. The molecule has 0 aromatic carbocycles. The standard InChI is InChI=1S/C15H31NO/c1-4-6-7-8-9-14(16-3)10-13-11-15(12-13)17-5-2/h13-16H,4-12H2,1-3H3. The molecule has 1 rings (SSSR count). The molecule has 0 aliphatic heterocycles. The first-order valence-corrected chi connectivity index (χ1v) is 7.59. The lowest BCUT2D eigenvalue weighted by atomic mass is 9.77. The van der Waals surface area contributed by atoms with E-state index in [-0.39, 0.29) is 0 Å². The van der Waals surface area contributed by atoms with Crippen LogP contribution in [0.3, 0.4) is 0 Å². The topological polar surface area (TPSA) is 21.3 Å². The zero-order valence-electron chi connectivity index (χ0n) is 12.0. The van der Waals surface area contributed by atoms with Gasteiger partial charge < -0.3 is 10.1 Å². The van der Waals surface area contributed by atoms with Crippen LogP contribution in [0.4, 0.5) is 0 Å². The van der Waals surface area contributed by atoms with Crippen molar-refractivity contribution in [3.8, 4) is 0 Å². The van der Waals surface area contributed by atoms with Gasteiger partial charge in [-0.3, -0.25) is 0 Å². The van der Waals surface area contributed by atoms with Gasteiger partial charge in [-0.1, -0.05) is 32.6 Å². The average Bonchev–Trinajstić information content (AvgIpc) is 2.29. The van der Waals surface area contributed by atoms with E-state index in [1.165, 1.54) is 51.4 Å². The first-order chi connectivity index (χ1) is 8.30. The lowest BCUT2D eigenvalue weighted by Gasteiger charge is -2.37. The highest BCUT2D eigenvalue weighted by Crippen LogP contribution is 2.34. The molecular weight excluding hydrogens is 210 g/mol. The summed E-state index contributed by atoms with van der Waals surface area (Å²) < 4.78 is 5.62. The van der Waals surface area contributed by atoms with Crippen LogP contribution in [0.2, 0.25) is 0 Å². The number of hydrogen-bond donors (Lipinski definition) is 1. The Labute approximate surface area is 108 Å². The third kappa shape index (κ3) is 5.87. The molecule has 1 fully saturated rings. The molecule has 1 N–H and O–H groups in total. The molecule has 0 aromatic heterocycles. The summed E-state index contributed by atoms with van der Waals surface area (Å²) >= 11 is 0. The van der Waals surface area contributed by atoms with Crippen molar-refractivity contribution >= 4 is 0 Å². The summed E-state index contributed by atoms with van der Waals surface area (Å²) in [5.74, 6) is 0.912. The molecule has 1 unspecified atom stereocenters. The summed E-state index contributed by atoms with van der Waals surface area (Å²) in [6.45, 7) is 5.25. The van der Waals surface area contributed by atoms with E-state index < -0.39 is 0 Å². The third-order valence-corrected chi connectivity index (χ3v) is 4.03. The zero-order chi connectivity index (χ0) is 12.5. The van der Waals surface area contributed by atoms with Crippen LogP contribution in [0.25, 0.3) is 0 Å². The van der Waals surface area contributed by atoms with Gasteiger partial charge in [-0.25, -0.2) is 0 Å². The van der Waals surface area contributed by atoms with Crippen LogP contribution in [0.15, 0.2) is 0 Å². The van der Waals surface area contributed by atoms with Crippen LogP contribution in [-0.2, 0) is 4.74 Å². The van der Waals surface area contributed by atoms with Gasteiger partial charge in [0.1, 0.15) is 0 Å². The average molecular weight is 241 g/mol. The summed E-state index contributed by atoms with van der Waals surface area (Å²) in [5, 5.41) is 3.48. The largest absolute Gasteiger partial charge is 0.378 e. The predicted molar refractivity (Wildman–Crippen MR) is 74.4 cm³/mol. The molecule has 0 spiro atoms. The summed E-state index contributed by atoms with van der Waals surface area (Å²) in [6, 6.07) is 0.736. The van der Waals surface area contributed by atoms with E-state index in [0.717, 1.165) is 18.6 Å². The van der Waals surface area contributed by atoms with Gasteiger partial charge in [-0.2, -0.15) is 0 Å². The van der Waals surface area contributed by atoms with Crippen molar-refractivity contribution in [3.05, 3.63) is 0 Å². The number of unbranched alkanes of at least 4 members (excludes halogenated alkanes) is 3. The molecule has 1 aliphatic carbocycles. The van der Waals surface area contributed by atoms with Crippen LogP contribution in [0, 0.1) is 5.92 Å². The quantitative estimate of drug-likeness (QED) is 0.588. The molecule has 0 saturated heterocycles. The Bertz CT molecular complexity index is 178. The molecular formula is C15H31NO. The molecule has 2 heteroatoms. The van der Waals surface area contributed by atoms with Crippen LogP contribution in [0.5, 0.6) is 0 Å². The van der Waals surface area contributed by atoms with Crippen molar-refractivity contribution in [2.24, 2.45) is 5.92 Å². The Morgan fingerprint density at radius 3 is 2.53 bits per heavy atom. The van der Waals surface area contributed by atoms with Crippen LogP contribution in [0.1, 0.15) is 65.2 Å². The monoisotopic (exact) mass is 241 g/mol. The number of rotatable bonds is 10. The van der Waals surface area contributed by atoms with Crippen molar-refractivity contribution < 1.29 is 4.74 Å². The van der Waals surface area contributed by atoms with Crippen LogP contribution >= 0.6 is 0 Å². The smallest absolute Gasteiger partial charge is 0.0580 e. The van der Waals surface area contributed by atoms with E-state index in [2.05, 4.69) is 26.2 Å². The fraction of sp³-hybridized carbons (Fsp3) is 1.00. The Kier molecular flexibility index (Phi) is 7.87. The molecule has 0 bridgehead atoms. The van der Waals surface area contributed by atoms with Crippen molar-refractivity contribution in [2.45, 2.75) is 77.4 Å². The van der Waals surface area contributed by atoms with Crippen LogP contribution < -0.4 is 5.32 Å². The minimum Gasteiger partial charge on any atom is -0.378 e. The molecule has 102 valence electrons. The molecule has 17 heavy (non-hydrogen) atoms. The lowest BCUT2D eigenvalue weighted by molar-refractivity contribution is -0.0291. The Balaban J connectivity index is 2.03. The highest BCUT2D eigenvalue weighted by atomic mass is 16.5. The molecule has 0 amide bonds. The number of ether oxygens (including phenoxy) is 1. The zero-order valence-corrected chi connectivity index (χ0v) is 12.0. The fourth-order valence-corrected chi connectivity index (χ4v) is 2.84. The summed E-state index contributed by atoms with van der Waals surface area (Å²) in [4.78, 5) is 0. The van der Waals surface area contributed by atoms with E-state index in [0.29, 0.717) is 6.10 Å². The molecule has 2 nitrogen and oxygen atoms in total. The third-order valence-electron chi connectivity index (χ3n) is 4.03. The molecule has 1 atom stereocenters. The maximum atomic E-state index is 5.62. The minimum atomic E-state index is 0.572. The van der Waals surface area contributed by atoms with E-state index in [1.54, 1.807) is 0 Å². The van der Waals surface area contributed by atoms with Gasteiger partial charge >= 0.3 is 0 Å². The summed E-state index contributed by atoms with van der Waals surface area (Å²) in [5.41, 5.74) is 0. The van der Waals surface area contributed by atoms with Gasteiger partial charge in [-0.15, -0.1) is 0 Å². The molecule has 0 heterocycles. The van der Waals surface area contributed by atoms with Gasteiger partial charge in [-0.05, 0) is 45.6 Å². The Morgan fingerprint density at radius 2 is 1.94 bits per heavy atom. The second-order valence-corrected chi connectivity index (χ2v) is 5.49. The summed E-state index contributed by atoms with van der Waals surface area (Å²) in [7, 11) is 2.11.